The van der Waals surface area contributed by atoms with Crippen molar-refractivity contribution in [1.29, 1.82) is 0 Å². The van der Waals surface area contributed by atoms with Gasteiger partial charge in [-0.3, -0.25) is 15.0 Å². The number of allylic oxidation sites excluding steroid dienone is 2. The highest BCUT2D eigenvalue weighted by Crippen LogP contribution is 2.40. The lowest BCUT2D eigenvalue weighted by molar-refractivity contribution is -0.384. The van der Waals surface area contributed by atoms with Gasteiger partial charge in [0.25, 0.3) is 5.69 Å². The van der Waals surface area contributed by atoms with Gasteiger partial charge >= 0.3 is 11.9 Å². The number of carbonyl (C=O) groups is 2. The number of esters is 2. The number of hydrogen-bond acceptors (Lipinski definition) is 8. The number of nitrogens with one attached hydrogen (secondary N) is 1. The van der Waals surface area contributed by atoms with E-state index in [1.807, 2.05) is 37.3 Å². The van der Waals surface area contributed by atoms with Gasteiger partial charge in [-0.05, 0) is 31.5 Å². The summed E-state index contributed by atoms with van der Waals surface area (Å²) in [6.07, 6.45) is 0. The monoisotopic (exact) mass is 529 g/mol. The second-order valence-corrected chi connectivity index (χ2v) is 8.47. The van der Waals surface area contributed by atoms with E-state index in [9.17, 15) is 19.7 Å². The van der Waals surface area contributed by atoms with Crippen LogP contribution in [0.3, 0.4) is 0 Å². The third-order valence-electron chi connectivity index (χ3n) is 6.14. The molecule has 0 spiro atoms. The van der Waals surface area contributed by atoms with Gasteiger partial charge in [0.15, 0.2) is 0 Å². The number of halogens is 1. The van der Waals surface area contributed by atoms with E-state index in [1.54, 1.807) is 19.9 Å². The molecule has 1 aliphatic heterocycles. The van der Waals surface area contributed by atoms with Crippen molar-refractivity contribution in [2.24, 2.45) is 0 Å². The molecular weight excluding hydrogens is 498 g/mol. The molecule has 0 aliphatic carbocycles. The fourth-order valence-electron chi connectivity index (χ4n) is 4.33. The largest absolute Gasteiger partial charge is 0.466 e. The summed E-state index contributed by atoms with van der Waals surface area (Å²) in [6, 6.07) is 15.9. The van der Waals surface area contributed by atoms with Crippen molar-refractivity contribution in [2.75, 3.05) is 26.8 Å². The first-order valence-electron chi connectivity index (χ1n) is 11.7. The molecule has 0 aromatic heterocycles. The Labute approximate surface area is 222 Å². The summed E-state index contributed by atoms with van der Waals surface area (Å²) in [6.45, 7) is 7.63. The van der Waals surface area contributed by atoms with Gasteiger partial charge in [0, 0.05) is 36.6 Å². The Morgan fingerprint density at radius 3 is 2.27 bits per heavy atom. The highest BCUT2D eigenvalue weighted by Gasteiger charge is 2.38. The lowest BCUT2D eigenvalue weighted by atomic mass is 9.80. The molecule has 0 amide bonds. The van der Waals surface area contributed by atoms with Gasteiger partial charge in [0.2, 0.25) is 0 Å². The molecule has 0 radical (unpaired) electrons. The lowest BCUT2D eigenvalue weighted by Gasteiger charge is -2.30. The topological polar surface area (TPSA) is 111 Å². The summed E-state index contributed by atoms with van der Waals surface area (Å²) in [5.74, 6) is -2.10. The number of likely N-dealkylation sites (N-methyl/N-ethyl adjacent to an activating group) is 1. The third kappa shape index (κ3) is 7.18. The number of benzene rings is 2. The molecule has 10 heteroatoms. The summed E-state index contributed by atoms with van der Waals surface area (Å²) >= 11 is 0. The molecule has 0 fully saturated rings. The van der Waals surface area contributed by atoms with Crippen LogP contribution < -0.4 is 5.32 Å². The number of nitrogens with zero attached hydrogens (tertiary/aromatic N) is 2. The number of ether oxygens (including phenoxy) is 2. The van der Waals surface area contributed by atoms with E-state index in [0.717, 1.165) is 18.7 Å². The number of hydrogen-bond donors (Lipinski definition) is 1. The maximum absolute atomic E-state index is 13.4. The van der Waals surface area contributed by atoms with Gasteiger partial charge < -0.3 is 14.8 Å². The van der Waals surface area contributed by atoms with Crippen LogP contribution >= 0.6 is 12.4 Å². The fraction of sp³-hybridized carbons (Fsp3) is 0.333. The number of methoxy groups -OCH3 is 1. The van der Waals surface area contributed by atoms with Crippen molar-refractivity contribution in [3.8, 4) is 0 Å². The molecule has 2 aromatic rings. The standard InChI is InChI=1S/C27H31N3O6.ClH/c1-5-29(17-20-10-7-6-8-11-20)14-15-36-27(32)24-19(3)28-18(2)23(26(31)35-4)25(24)21-12-9-13-22(16-21)30(33)34;/h6-13,16,25,28H,5,14-15,17H2,1-4H3;1H. The molecule has 3 rings (SSSR count). The van der Waals surface area contributed by atoms with E-state index in [0.29, 0.717) is 23.5 Å². The molecule has 2 aromatic carbocycles. The second-order valence-electron chi connectivity index (χ2n) is 8.47. The van der Waals surface area contributed by atoms with Crippen molar-refractivity contribution in [2.45, 2.75) is 33.2 Å². The third-order valence-corrected chi connectivity index (χ3v) is 6.14. The number of rotatable bonds is 10. The van der Waals surface area contributed by atoms with E-state index in [1.165, 1.54) is 25.3 Å². The molecule has 1 N–H and O–H groups in total. The minimum absolute atomic E-state index is 0. The summed E-state index contributed by atoms with van der Waals surface area (Å²) in [7, 11) is 1.25. The SMILES string of the molecule is CCN(CCOC(=O)C1=C(C)NC(C)=C(C(=O)OC)C1c1cccc([N+](=O)[O-])c1)Cc1ccccc1.Cl. The lowest BCUT2D eigenvalue weighted by Crippen LogP contribution is -2.33. The highest BCUT2D eigenvalue weighted by atomic mass is 35.5. The van der Waals surface area contributed by atoms with E-state index >= 15 is 0 Å². The van der Waals surface area contributed by atoms with Crippen LogP contribution in [-0.2, 0) is 25.6 Å². The van der Waals surface area contributed by atoms with Crippen LogP contribution in [0.5, 0.6) is 0 Å². The Balaban J connectivity index is 0.00000481. The average molecular weight is 530 g/mol. The minimum atomic E-state index is -0.877. The Morgan fingerprint density at radius 2 is 1.68 bits per heavy atom. The number of non-ortho nitro benzene ring substituents is 1. The van der Waals surface area contributed by atoms with Crippen molar-refractivity contribution < 1.29 is 24.0 Å². The molecule has 1 aliphatic rings. The first-order chi connectivity index (χ1) is 17.3. The van der Waals surface area contributed by atoms with Gasteiger partial charge in [-0.2, -0.15) is 0 Å². The minimum Gasteiger partial charge on any atom is -0.466 e. The normalized spacial score (nSPS) is 15.1. The van der Waals surface area contributed by atoms with E-state index < -0.39 is 22.8 Å². The van der Waals surface area contributed by atoms with E-state index in [2.05, 4.69) is 10.2 Å². The van der Waals surface area contributed by atoms with Crippen LogP contribution in [0.25, 0.3) is 0 Å². The van der Waals surface area contributed by atoms with E-state index in [4.69, 9.17) is 9.47 Å². The molecule has 9 nitrogen and oxygen atoms in total. The average Bonchev–Trinajstić information content (AvgIpc) is 2.87. The Kier molecular flexibility index (Phi) is 10.8. The molecule has 0 saturated heterocycles. The van der Waals surface area contributed by atoms with Crippen molar-refractivity contribution in [1.82, 2.24) is 10.2 Å². The first-order valence-corrected chi connectivity index (χ1v) is 11.7. The van der Waals surface area contributed by atoms with Crippen LogP contribution in [-0.4, -0.2) is 48.6 Å². The van der Waals surface area contributed by atoms with Crippen molar-refractivity contribution in [3.05, 3.63) is 98.4 Å². The highest BCUT2D eigenvalue weighted by molar-refractivity contribution is 5.99. The van der Waals surface area contributed by atoms with Crippen LogP contribution in [0.4, 0.5) is 5.69 Å². The zero-order valence-electron chi connectivity index (χ0n) is 21.4. The maximum atomic E-state index is 13.4. The predicted molar refractivity (Wildman–Crippen MR) is 142 cm³/mol. The van der Waals surface area contributed by atoms with Gasteiger partial charge in [0.05, 0.1) is 29.1 Å². The summed E-state index contributed by atoms with van der Waals surface area (Å²) in [5.41, 5.74) is 2.89. The van der Waals surface area contributed by atoms with Crippen LogP contribution in [0, 0.1) is 10.1 Å². The van der Waals surface area contributed by atoms with Crippen molar-refractivity contribution in [3.63, 3.8) is 0 Å². The zero-order valence-corrected chi connectivity index (χ0v) is 22.2. The molecule has 0 saturated carbocycles. The van der Waals surface area contributed by atoms with Gasteiger partial charge in [-0.1, -0.05) is 49.4 Å². The Hall–Kier alpha value is -3.69. The molecule has 198 valence electrons. The Bertz CT molecular complexity index is 1200. The molecular formula is C27H32ClN3O6. The smallest absolute Gasteiger partial charge is 0.336 e. The first kappa shape index (κ1) is 29.5. The zero-order chi connectivity index (χ0) is 26.2. The predicted octanol–water partition coefficient (Wildman–Crippen LogP) is 4.49. The summed E-state index contributed by atoms with van der Waals surface area (Å²) in [4.78, 5) is 39.1. The maximum Gasteiger partial charge on any atom is 0.336 e. The number of dihydropyridines is 1. The van der Waals surface area contributed by atoms with E-state index in [-0.39, 0.29) is 35.8 Å². The van der Waals surface area contributed by atoms with Gasteiger partial charge in [-0.15, -0.1) is 12.4 Å². The molecule has 1 atom stereocenters. The molecule has 37 heavy (non-hydrogen) atoms. The second kappa shape index (κ2) is 13.6. The summed E-state index contributed by atoms with van der Waals surface area (Å²) in [5, 5.41) is 14.5. The summed E-state index contributed by atoms with van der Waals surface area (Å²) < 4.78 is 10.6. The molecule has 1 heterocycles. The number of carbonyl (C=O) groups excluding carboxylic acids is 2. The van der Waals surface area contributed by atoms with Gasteiger partial charge in [-0.25, -0.2) is 9.59 Å². The van der Waals surface area contributed by atoms with Crippen LogP contribution in [0.15, 0.2) is 77.1 Å². The Morgan fingerprint density at radius 1 is 1.03 bits per heavy atom. The quantitative estimate of drug-likeness (QED) is 0.272. The van der Waals surface area contributed by atoms with Gasteiger partial charge in [0.1, 0.15) is 6.61 Å². The van der Waals surface area contributed by atoms with Crippen LogP contribution in [0.2, 0.25) is 0 Å². The molecule has 1 unspecified atom stereocenters. The number of nitro benzene ring substituents is 1. The van der Waals surface area contributed by atoms with Crippen molar-refractivity contribution >= 4 is 30.0 Å². The van der Waals surface area contributed by atoms with Crippen LogP contribution in [0.1, 0.15) is 37.8 Å². The number of nitro groups is 1. The molecule has 0 bridgehead atoms. The fourth-order valence-corrected chi connectivity index (χ4v) is 4.33.